The van der Waals surface area contributed by atoms with Crippen molar-refractivity contribution in [1.29, 1.82) is 0 Å². The molecule has 0 saturated carbocycles. The Bertz CT molecular complexity index is 121. The monoisotopic (exact) mass is 157 g/mol. The van der Waals surface area contributed by atoms with Crippen LogP contribution >= 0.6 is 0 Å². The van der Waals surface area contributed by atoms with Gasteiger partial charge in [0, 0.05) is 7.11 Å². The van der Waals surface area contributed by atoms with Gasteiger partial charge in [-0.1, -0.05) is 13.0 Å². The van der Waals surface area contributed by atoms with E-state index >= 15 is 0 Å². The molecule has 0 aromatic rings. The predicted molar refractivity (Wildman–Crippen MR) is 48.7 cm³/mol. The van der Waals surface area contributed by atoms with Crippen molar-refractivity contribution in [2.45, 2.75) is 32.4 Å². The van der Waals surface area contributed by atoms with Crippen LogP contribution in [-0.4, -0.2) is 25.3 Å². The first kappa shape index (κ1) is 10.7. The van der Waals surface area contributed by atoms with E-state index in [4.69, 9.17) is 4.74 Å². The summed E-state index contributed by atoms with van der Waals surface area (Å²) in [7, 11) is 1.72. The first-order valence-electron chi connectivity index (χ1n) is 3.99. The molecule has 0 amide bonds. The van der Waals surface area contributed by atoms with Crippen molar-refractivity contribution in [3.63, 3.8) is 0 Å². The average molecular weight is 157 g/mol. The molecule has 1 atom stereocenters. The van der Waals surface area contributed by atoms with Gasteiger partial charge in [-0.25, -0.2) is 0 Å². The van der Waals surface area contributed by atoms with Gasteiger partial charge in [-0.2, -0.15) is 0 Å². The molecular formula is C9H19NO. The van der Waals surface area contributed by atoms with Crippen molar-refractivity contribution in [3.05, 3.63) is 12.7 Å². The highest BCUT2D eigenvalue weighted by Crippen LogP contribution is 2.13. The zero-order valence-electron chi connectivity index (χ0n) is 7.98. The van der Waals surface area contributed by atoms with Gasteiger partial charge in [0.2, 0.25) is 0 Å². The molecule has 0 bridgehead atoms. The Morgan fingerprint density at radius 3 is 2.45 bits per heavy atom. The zero-order chi connectivity index (χ0) is 8.91. The van der Waals surface area contributed by atoms with Gasteiger partial charge in [-0.15, -0.1) is 6.58 Å². The molecule has 1 N–H and O–H groups in total. The van der Waals surface area contributed by atoms with Gasteiger partial charge < -0.3 is 10.1 Å². The molecule has 0 aliphatic heterocycles. The summed E-state index contributed by atoms with van der Waals surface area (Å²) < 4.78 is 5.31. The third kappa shape index (κ3) is 3.04. The molecule has 0 saturated heterocycles. The molecule has 0 fully saturated rings. The van der Waals surface area contributed by atoms with E-state index in [-0.39, 0.29) is 11.6 Å². The fraction of sp³-hybridized carbons (Fsp3) is 0.778. The molecule has 0 aromatic carbocycles. The first-order chi connectivity index (χ1) is 5.08. The van der Waals surface area contributed by atoms with E-state index in [0.717, 1.165) is 6.54 Å². The number of methoxy groups -OCH3 is 1. The van der Waals surface area contributed by atoms with Gasteiger partial charge in [0.05, 0.1) is 11.6 Å². The lowest BCUT2D eigenvalue weighted by molar-refractivity contribution is 0.00350. The number of rotatable bonds is 5. The minimum Gasteiger partial charge on any atom is -0.377 e. The Kier molecular flexibility index (Phi) is 4.38. The number of nitrogens with one attached hydrogen (secondary N) is 1. The van der Waals surface area contributed by atoms with Gasteiger partial charge in [-0.3, -0.25) is 0 Å². The lowest BCUT2D eigenvalue weighted by atomic mass is 9.99. The Hall–Kier alpha value is -0.340. The topological polar surface area (TPSA) is 21.3 Å². The molecule has 0 aliphatic rings. The minimum absolute atomic E-state index is 0.169. The van der Waals surface area contributed by atoms with Crippen LogP contribution in [0.3, 0.4) is 0 Å². The SMILES string of the molecule is C=CC(NCC)C(C)(C)OC. The van der Waals surface area contributed by atoms with Crippen LogP contribution in [0, 0.1) is 0 Å². The maximum absolute atomic E-state index is 5.31. The maximum Gasteiger partial charge on any atom is 0.0810 e. The number of hydrogen-bond acceptors (Lipinski definition) is 2. The van der Waals surface area contributed by atoms with Crippen molar-refractivity contribution in [3.8, 4) is 0 Å². The van der Waals surface area contributed by atoms with E-state index in [1.165, 1.54) is 0 Å². The Labute approximate surface area is 69.6 Å². The molecule has 0 spiro atoms. The standard InChI is InChI=1S/C9H19NO/c1-6-8(10-7-2)9(3,4)11-5/h6,8,10H,1,7H2,2-5H3. The molecule has 11 heavy (non-hydrogen) atoms. The van der Waals surface area contributed by atoms with E-state index in [9.17, 15) is 0 Å². The summed E-state index contributed by atoms with van der Waals surface area (Å²) in [6.45, 7) is 10.8. The van der Waals surface area contributed by atoms with Crippen LogP contribution in [0.4, 0.5) is 0 Å². The summed E-state index contributed by atoms with van der Waals surface area (Å²) in [4.78, 5) is 0. The summed E-state index contributed by atoms with van der Waals surface area (Å²) >= 11 is 0. The lowest BCUT2D eigenvalue weighted by Crippen LogP contribution is -2.46. The highest BCUT2D eigenvalue weighted by Gasteiger charge is 2.25. The number of hydrogen-bond donors (Lipinski definition) is 1. The van der Waals surface area contributed by atoms with Gasteiger partial charge in [0.15, 0.2) is 0 Å². The zero-order valence-corrected chi connectivity index (χ0v) is 7.98. The predicted octanol–water partition coefficient (Wildman–Crippen LogP) is 1.58. The molecule has 2 heteroatoms. The molecule has 2 nitrogen and oxygen atoms in total. The average Bonchev–Trinajstić information content (AvgIpc) is 2.00. The molecule has 0 aliphatic carbocycles. The summed E-state index contributed by atoms with van der Waals surface area (Å²) in [5.41, 5.74) is -0.169. The summed E-state index contributed by atoms with van der Waals surface area (Å²) in [5, 5.41) is 3.28. The van der Waals surface area contributed by atoms with Gasteiger partial charge >= 0.3 is 0 Å². The van der Waals surface area contributed by atoms with E-state index < -0.39 is 0 Å². The smallest absolute Gasteiger partial charge is 0.0810 e. The van der Waals surface area contributed by atoms with Crippen LogP contribution in [0.25, 0.3) is 0 Å². The third-order valence-electron chi connectivity index (χ3n) is 1.93. The maximum atomic E-state index is 5.31. The van der Waals surface area contributed by atoms with E-state index in [1.54, 1.807) is 7.11 Å². The normalized spacial score (nSPS) is 14.5. The summed E-state index contributed by atoms with van der Waals surface area (Å²) in [6.07, 6.45) is 1.88. The van der Waals surface area contributed by atoms with Crippen LogP contribution in [0.5, 0.6) is 0 Å². The highest BCUT2D eigenvalue weighted by molar-refractivity contribution is 4.97. The second kappa shape index (κ2) is 4.52. The molecule has 66 valence electrons. The fourth-order valence-electron chi connectivity index (χ4n) is 0.960. The van der Waals surface area contributed by atoms with Gasteiger partial charge in [0.1, 0.15) is 0 Å². The van der Waals surface area contributed by atoms with Gasteiger partial charge in [0.25, 0.3) is 0 Å². The second-order valence-electron chi connectivity index (χ2n) is 3.08. The van der Waals surface area contributed by atoms with Crippen LogP contribution in [0.1, 0.15) is 20.8 Å². The van der Waals surface area contributed by atoms with Crippen molar-refractivity contribution in [1.82, 2.24) is 5.32 Å². The van der Waals surface area contributed by atoms with Crippen LogP contribution in [0.2, 0.25) is 0 Å². The summed E-state index contributed by atoms with van der Waals surface area (Å²) in [5.74, 6) is 0. The van der Waals surface area contributed by atoms with E-state index in [2.05, 4.69) is 18.8 Å². The number of likely N-dealkylation sites (N-methyl/N-ethyl adjacent to an activating group) is 1. The number of ether oxygens (including phenoxy) is 1. The molecule has 0 aromatic heterocycles. The summed E-state index contributed by atoms with van der Waals surface area (Å²) in [6, 6.07) is 0.220. The Balaban J connectivity index is 4.10. The fourth-order valence-corrected chi connectivity index (χ4v) is 0.960. The highest BCUT2D eigenvalue weighted by atomic mass is 16.5. The third-order valence-corrected chi connectivity index (χ3v) is 1.93. The Morgan fingerprint density at radius 2 is 2.18 bits per heavy atom. The van der Waals surface area contributed by atoms with Crippen LogP contribution in [-0.2, 0) is 4.74 Å². The van der Waals surface area contributed by atoms with Crippen molar-refractivity contribution < 1.29 is 4.74 Å². The minimum atomic E-state index is -0.169. The molecular weight excluding hydrogens is 138 g/mol. The molecule has 1 unspecified atom stereocenters. The van der Waals surface area contributed by atoms with Crippen LogP contribution in [0.15, 0.2) is 12.7 Å². The van der Waals surface area contributed by atoms with Crippen molar-refractivity contribution in [2.75, 3.05) is 13.7 Å². The van der Waals surface area contributed by atoms with Crippen molar-refractivity contribution in [2.24, 2.45) is 0 Å². The molecule has 0 heterocycles. The molecule has 0 radical (unpaired) electrons. The van der Waals surface area contributed by atoms with E-state index in [0.29, 0.717) is 0 Å². The lowest BCUT2D eigenvalue weighted by Gasteiger charge is -2.31. The molecule has 0 rings (SSSR count). The Morgan fingerprint density at radius 1 is 1.64 bits per heavy atom. The van der Waals surface area contributed by atoms with E-state index in [1.807, 2.05) is 19.9 Å². The largest absolute Gasteiger partial charge is 0.377 e. The first-order valence-corrected chi connectivity index (χ1v) is 3.99. The van der Waals surface area contributed by atoms with Crippen LogP contribution < -0.4 is 5.32 Å². The second-order valence-corrected chi connectivity index (χ2v) is 3.08. The quantitative estimate of drug-likeness (QED) is 0.612. The van der Waals surface area contributed by atoms with Gasteiger partial charge in [-0.05, 0) is 20.4 Å². The van der Waals surface area contributed by atoms with Crippen molar-refractivity contribution >= 4 is 0 Å².